The van der Waals surface area contributed by atoms with Gasteiger partial charge in [-0.1, -0.05) is 36.4 Å². The third-order valence-electron chi connectivity index (χ3n) is 4.93. The maximum absolute atomic E-state index is 12.1. The molecule has 0 spiro atoms. The summed E-state index contributed by atoms with van der Waals surface area (Å²) in [7, 11) is -1.70. The number of nitrogens with zero attached hydrogens (tertiary/aromatic N) is 2. The standard InChI is InChI=1S/C20H29N5O2S2.HI/c1-21-20(22-11-12-24-29(26,27)19-10-6-14-28-19)23-15-18-9-5-13-25(18)16-17-7-3-2-4-8-17;/h2-4,6-8,10,14,18,24H,5,9,11-13,15-16H2,1H3,(H2,21,22,23);1H. The molecule has 1 aromatic heterocycles. The summed E-state index contributed by atoms with van der Waals surface area (Å²) in [4.78, 5) is 6.75. The van der Waals surface area contributed by atoms with E-state index >= 15 is 0 Å². The van der Waals surface area contributed by atoms with Gasteiger partial charge in [0.1, 0.15) is 4.21 Å². The topological polar surface area (TPSA) is 85.8 Å². The predicted molar refractivity (Wildman–Crippen MR) is 134 cm³/mol. The van der Waals surface area contributed by atoms with Crippen LogP contribution in [0.5, 0.6) is 0 Å². The lowest BCUT2D eigenvalue weighted by atomic mass is 10.2. The Morgan fingerprint density at radius 2 is 1.97 bits per heavy atom. The molecule has 1 fully saturated rings. The molecule has 1 atom stereocenters. The van der Waals surface area contributed by atoms with Crippen LogP contribution in [0, 0.1) is 0 Å². The van der Waals surface area contributed by atoms with Crippen molar-refractivity contribution in [1.82, 2.24) is 20.3 Å². The number of rotatable bonds is 9. The zero-order valence-corrected chi connectivity index (χ0v) is 21.0. The van der Waals surface area contributed by atoms with E-state index in [1.807, 2.05) is 6.07 Å². The first-order valence-electron chi connectivity index (χ1n) is 9.84. The van der Waals surface area contributed by atoms with E-state index in [9.17, 15) is 8.42 Å². The number of hydrogen-bond acceptors (Lipinski definition) is 5. The molecule has 2 heterocycles. The maximum atomic E-state index is 12.1. The lowest BCUT2D eigenvalue weighted by Gasteiger charge is -2.25. The molecule has 10 heteroatoms. The number of nitrogens with one attached hydrogen (secondary N) is 3. The summed E-state index contributed by atoms with van der Waals surface area (Å²) in [5, 5.41) is 8.30. The summed E-state index contributed by atoms with van der Waals surface area (Å²) in [6, 6.07) is 14.3. The van der Waals surface area contributed by atoms with Gasteiger partial charge in [0.15, 0.2) is 5.96 Å². The number of halogens is 1. The van der Waals surface area contributed by atoms with Crippen molar-refractivity contribution in [3.63, 3.8) is 0 Å². The van der Waals surface area contributed by atoms with Crippen LogP contribution in [-0.4, -0.2) is 58.5 Å². The van der Waals surface area contributed by atoms with Gasteiger partial charge < -0.3 is 10.6 Å². The Morgan fingerprint density at radius 3 is 2.67 bits per heavy atom. The Morgan fingerprint density at radius 1 is 1.17 bits per heavy atom. The van der Waals surface area contributed by atoms with Gasteiger partial charge in [-0.2, -0.15) is 0 Å². The molecule has 0 aliphatic carbocycles. The van der Waals surface area contributed by atoms with Crippen LogP contribution in [-0.2, 0) is 16.6 Å². The normalized spacial score (nSPS) is 17.5. The molecular formula is C20H30IN5O2S2. The summed E-state index contributed by atoms with van der Waals surface area (Å²) < 4.78 is 27.2. The second-order valence-corrected chi connectivity index (χ2v) is 9.90. The van der Waals surface area contributed by atoms with Crippen LogP contribution in [0.15, 0.2) is 57.0 Å². The lowest BCUT2D eigenvalue weighted by Crippen LogP contribution is -2.46. The van der Waals surface area contributed by atoms with Crippen molar-refractivity contribution >= 4 is 51.3 Å². The molecule has 0 saturated carbocycles. The molecule has 1 aromatic carbocycles. The zero-order valence-electron chi connectivity index (χ0n) is 17.1. The number of sulfonamides is 1. The van der Waals surface area contributed by atoms with Crippen LogP contribution in [0.3, 0.4) is 0 Å². The Labute approximate surface area is 200 Å². The van der Waals surface area contributed by atoms with Crippen molar-refractivity contribution in [3.8, 4) is 0 Å². The zero-order chi connectivity index (χ0) is 20.5. The van der Waals surface area contributed by atoms with Crippen LogP contribution < -0.4 is 15.4 Å². The molecule has 0 amide bonds. The van der Waals surface area contributed by atoms with Gasteiger partial charge in [-0.15, -0.1) is 35.3 Å². The van der Waals surface area contributed by atoms with E-state index in [2.05, 4.69) is 49.5 Å². The van der Waals surface area contributed by atoms with Crippen molar-refractivity contribution < 1.29 is 8.42 Å². The number of thiophene rings is 1. The number of benzene rings is 1. The Balaban J connectivity index is 0.00000320. The SMILES string of the molecule is CN=C(NCCNS(=O)(=O)c1cccs1)NCC1CCCN1Cc1ccccc1.I. The van der Waals surface area contributed by atoms with E-state index in [0.29, 0.717) is 29.3 Å². The summed E-state index contributed by atoms with van der Waals surface area (Å²) in [5.41, 5.74) is 1.33. The average molecular weight is 564 g/mol. The summed E-state index contributed by atoms with van der Waals surface area (Å²) in [5.74, 6) is 0.687. The van der Waals surface area contributed by atoms with Gasteiger partial charge in [0, 0.05) is 39.3 Å². The predicted octanol–water partition coefficient (Wildman–Crippen LogP) is 2.47. The van der Waals surface area contributed by atoms with Crippen molar-refractivity contribution in [2.45, 2.75) is 29.6 Å². The van der Waals surface area contributed by atoms with E-state index in [1.165, 1.54) is 23.3 Å². The van der Waals surface area contributed by atoms with E-state index < -0.39 is 10.0 Å². The lowest BCUT2D eigenvalue weighted by molar-refractivity contribution is 0.245. The summed E-state index contributed by atoms with van der Waals surface area (Å²) in [6.07, 6.45) is 2.37. The number of aliphatic imine (C=N–C) groups is 1. The van der Waals surface area contributed by atoms with Crippen LogP contribution in [0.1, 0.15) is 18.4 Å². The van der Waals surface area contributed by atoms with Gasteiger partial charge in [-0.25, -0.2) is 13.1 Å². The van der Waals surface area contributed by atoms with Gasteiger partial charge >= 0.3 is 0 Å². The van der Waals surface area contributed by atoms with Gasteiger partial charge in [0.2, 0.25) is 10.0 Å². The third-order valence-corrected chi connectivity index (χ3v) is 7.78. The van der Waals surface area contributed by atoms with Gasteiger partial charge in [0.05, 0.1) is 0 Å². The fraction of sp³-hybridized carbons (Fsp3) is 0.450. The van der Waals surface area contributed by atoms with Crippen molar-refractivity contribution in [2.75, 3.05) is 33.2 Å². The quantitative estimate of drug-likeness (QED) is 0.189. The van der Waals surface area contributed by atoms with Crippen molar-refractivity contribution in [2.24, 2.45) is 4.99 Å². The first kappa shape index (κ1) is 25.1. The van der Waals surface area contributed by atoms with Gasteiger partial charge in [-0.3, -0.25) is 9.89 Å². The number of hydrogen-bond donors (Lipinski definition) is 3. The van der Waals surface area contributed by atoms with Crippen LogP contribution in [0.25, 0.3) is 0 Å². The average Bonchev–Trinajstić information content (AvgIpc) is 3.41. The van der Waals surface area contributed by atoms with Crippen molar-refractivity contribution in [1.29, 1.82) is 0 Å². The molecule has 1 aliphatic rings. The fourth-order valence-electron chi connectivity index (χ4n) is 3.44. The highest BCUT2D eigenvalue weighted by Crippen LogP contribution is 2.19. The summed E-state index contributed by atoms with van der Waals surface area (Å²) in [6.45, 7) is 3.64. The van der Waals surface area contributed by atoms with E-state index in [4.69, 9.17) is 0 Å². The van der Waals surface area contributed by atoms with E-state index in [-0.39, 0.29) is 24.0 Å². The molecule has 1 unspecified atom stereocenters. The monoisotopic (exact) mass is 563 g/mol. The van der Waals surface area contributed by atoms with Gasteiger partial charge in [-0.05, 0) is 36.4 Å². The smallest absolute Gasteiger partial charge is 0.250 e. The van der Waals surface area contributed by atoms with E-state index in [1.54, 1.807) is 24.6 Å². The molecule has 3 rings (SSSR count). The van der Waals surface area contributed by atoms with E-state index in [0.717, 1.165) is 26.1 Å². The first-order valence-corrected chi connectivity index (χ1v) is 12.2. The third kappa shape index (κ3) is 7.49. The van der Waals surface area contributed by atoms with Crippen LogP contribution in [0.4, 0.5) is 0 Å². The minimum Gasteiger partial charge on any atom is -0.355 e. The number of likely N-dealkylation sites (tertiary alicyclic amines) is 1. The van der Waals surface area contributed by atoms with Crippen LogP contribution >= 0.6 is 35.3 Å². The molecule has 3 N–H and O–H groups in total. The summed E-state index contributed by atoms with van der Waals surface area (Å²) >= 11 is 1.21. The fourth-order valence-corrected chi connectivity index (χ4v) is 5.51. The molecular weight excluding hydrogens is 533 g/mol. The molecule has 2 aromatic rings. The molecule has 30 heavy (non-hydrogen) atoms. The molecule has 0 bridgehead atoms. The molecule has 0 radical (unpaired) electrons. The first-order chi connectivity index (χ1) is 14.1. The molecule has 1 aliphatic heterocycles. The minimum absolute atomic E-state index is 0. The highest BCUT2D eigenvalue weighted by atomic mass is 127. The Kier molecular flexibility index (Phi) is 10.5. The minimum atomic E-state index is -3.42. The Bertz CT molecular complexity index is 876. The molecule has 7 nitrogen and oxygen atoms in total. The number of guanidine groups is 1. The second-order valence-electron chi connectivity index (χ2n) is 6.96. The molecule has 166 valence electrons. The highest BCUT2D eigenvalue weighted by molar-refractivity contribution is 14.0. The maximum Gasteiger partial charge on any atom is 0.250 e. The molecule has 1 saturated heterocycles. The largest absolute Gasteiger partial charge is 0.355 e. The van der Waals surface area contributed by atoms with Crippen molar-refractivity contribution in [3.05, 3.63) is 53.4 Å². The Hall–Kier alpha value is -1.21. The van der Waals surface area contributed by atoms with Gasteiger partial charge in [0.25, 0.3) is 0 Å². The highest BCUT2D eigenvalue weighted by Gasteiger charge is 2.24. The second kappa shape index (κ2) is 12.6. The van der Waals surface area contributed by atoms with Crippen LogP contribution in [0.2, 0.25) is 0 Å².